The van der Waals surface area contributed by atoms with Crippen LogP contribution >= 0.6 is 0 Å². The van der Waals surface area contributed by atoms with Crippen LogP contribution in [0.1, 0.15) is 6.92 Å². The lowest BCUT2D eigenvalue weighted by atomic mass is 10.2. The number of H-pyrrole nitrogens is 1. The highest BCUT2D eigenvalue weighted by Crippen LogP contribution is 2.17. The van der Waals surface area contributed by atoms with Crippen LogP contribution < -0.4 is 10.1 Å². The van der Waals surface area contributed by atoms with Gasteiger partial charge in [-0.3, -0.25) is 9.89 Å². The lowest BCUT2D eigenvalue weighted by Gasteiger charge is -2.14. The Morgan fingerprint density at radius 1 is 1.24 bits per heavy atom. The summed E-state index contributed by atoms with van der Waals surface area (Å²) >= 11 is 0. The van der Waals surface area contributed by atoms with Gasteiger partial charge in [-0.05, 0) is 37.3 Å². The molecule has 1 amide bonds. The van der Waals surface area contributed by atoms with E-state index in [1.165, 1.54) is 0 Å². The number of hydrogen-bond donors (Lipinski definition) is 2. The predicted molar refractivity (Wildman–Crippen MR) is 81.3 cm³/mol. The van der Waals surface area contributed by atoms with E-state index in [0.717, 1.165) is 16.6 Å². The Hall–Kier alpha value is -2.82. The van der Waals surface area contributed by atoms with Crippen LogP contribution in [0.2, 0.25) is 0 Å². The van der Waals surface area contributed by atoms with Crippen LogP contribution in [0.15, 0.2) is 54.7 Å². The van der Waals surface area contributed by atoms with E-state index in [2.05, 4.69) is 15.5 Å². The summed E-state index contributed by atoms with van der Waals surface area (Å²) < 4.78 is 5.59. The van der Waals surface area contributed by atoms with E-state index < -0.39 is 6.10 Å². The highest BCUT2D eigenvalue weighted by molar-refractivity contribution is 5.96. The van der Waals surface area contributed by atoms with Crippen LogP contribution in [-0.2, 0) is 4.79 Å². The lowest BCUT2D eigenvalue weighted by Crippen LogP contribution is -2.30. The van der Waals surface area contributed by atoms with Gasteiger partial charge in [-0.2, -0.15) is 5.10 Å². The minimum Gasteiger partial charge on any atom is -0.481 e. The van der Waals surface area contributed by atoms with E-state index in [-0.39, 0.29) is 5.91 Å². The topological polar surface area (TPSA) is 67.0 Å². The molecule has 3 aromatic rings. The number of amides is 1. The molecule has 3 rings (SSSR count). The number of ether oxygens (including phenoxy) is 1. The number of carbonyl (C=O) groups excluding carboxylic acids is 1. The van der Waals surface area contributed by atoms with Gasteiger partial charge in [0.1, 0.15) is 5.75 Å². The Labute approximate surface area is 121 Å². The molecule has 2 aromatic carbocycles. The first-order chi connectivity index (χ1) is 10.2. The molecule has 2 N–H and O–H groups in total. The zero-order valence-corrected chi connectivity index (χ0v) is 11.5. The Balaban J connectivity index is 1.67. The maximum atomic E-state index is 12.1. The number of aromatic amines is 1. The Morgan fingerprint density at radius 2 is 2.05 bits per heavy atom. The van der Waals surface area contributed by atoms with E-state index in [9.17, 15) is 4.79 Å². The summed E-state index contributed by atoms with van der Waals surface area (Å²) in [6.07, 6.45) is 1.14. The zero-order valence-electron chi connectivity index (χ0n) is 11.5. The molecular weight excluding hydrogens is 266 g/mol. The van der Waals surface area contributed by atoms with Gasteiger partial charge < -0.3 is 10.1 Å². The number of nitrogens with zero attached hydrogens (tertiary/aromatic N) is 1. The second-order valence-corrected chi connectivity index (χ2v) is 4.73. The van der Waals surface area contributed by atoms with Gasteiger partial charge in [0.2, 0.25) is 0 Å². The second kappa shape index (κ2) is 5.66. The molecule has 1 heterocycles. The average Bonchev–Trinajstić information content (AvgIpc) is 2.95. The van der Waals surface area contributed by atoms with Crippen molar-refractivity contribution in [2.75, 3.05) is 5.32 Å². The minimum absolute atomic E-state index is 0.193. The lowest BCUT2D eigenvalue weighted by molar-refractivity contribution is -0.122. The summed E-state index contributed by atoms with van der Waals surface area (Å²) in [6, 6.07) is 14.8. The van der Waals surface area contributed by atoms with Crippen molar-refractivity contribution in [1.82, 2.24) is 10.2 Å². The smallest absolute Gasteiger partial charge is 0.265 e. The molecule has 0 saturated heterocycles. The number of carbonyl (C=O) groups is 1. The van der Waals surface area contributed by atoms with Crippen LogP contribution in [0.4, 0.5) is 5.69 Å². The summed E-state index contributed by atoms with van der Waals surface area (Å²) in [5.74, 6) is 0.479. The van der Waals surface area contributed by atoms with Crippen LogP contribution in [0, 0.1) is 0 Å². The third kappa shape index (κ3) is 3.02. The van der Waals surface area contributed by atoms with Gasteiger partial charge in [0.25, 0.3) is 5.91 Å². The van der Waals surface area contributed by atoms with E-state index in [4.69, 9.17) is 4.74 Å². The van der Waals surface area contributed by atoms with Gasteiger partial charge in [-0.15, -0.1) is 0 Å². The quantitative estimate of drug-likeness (QED) is 0.772. The molecule has 5 heteroatoms. The fraction of sp³-hybridized carbons (Fsp3) is 0.125. The van der Waals surface area contributed by atoms with E-state index >= 15 is 0 Å². The molecule has 0 fully saturated rings. The molecular formula is C16H15N3O2. The summed E-state index contributed by atoms with van der Waals surface area (Å²) in [6.45, 7) is 1.72. The van der Waals surface area contributed by atoms with Crippen LogP contribution in [-0.4, -0.2) is 22.2 Å². The van der Waals surface area contributed by atoms with Crippen LogP contribution in [0.25, 0.3) is 10.9 Å². The third-order valence-electron chi connectivity index (χ3n) is 3.13. The summed E-state index contributed by atoms with van der Waals surface area (Å²) in [7, 11) is 0. The molecule has 0 saturated carbocycles. The molecule has 0 aliphatic carbocycles. The molecule has 106 valence electrons. The van der Waals surface area contributed by atoms with Crippen molar-refractivity contribution in [2.45, 2.75) is 13.0 Å². The van der Waals surface area contributed by atoms with Gasteiger partial charge in [0.05, 0.1) is 11.7 Å². The van der Waals surface area contributed by atoms with Crippen molar-refractivity contribution in [1.29, 1.82) is 0 Å². The standard InChI is InChI=1S/C16H15N3O2/c1-11(21-14-5-3-2-4-6-14)16(20)18-13-7-8-15-12(9-13)10-17-19-15/h2-11H,1H3,(H,17,19)(H,18,20)/t11-/m1/s1. The number of rotatable bonds is 4. The first kappa shape index (κ1) is 13.2. The van der Waals surface area contributed by atoms with Crippen molar-refractivity contribution in [2.24, 2.45) is 0 Å². The van der Waals surface area contributed by atoms with Crippen LogP contribution in [0.3, 0.4) is 0 Å². The second-order valence-electron chi connectivity index (χ2n) is 4.73. The summed E-state index contributed by atoms with van der Waals surface area (Å²) in [4.78, 5) is 12.1. The SMILES string of the molecule is C[C@@H](Oc1ccccc1)C(=O)Nc1ccc2[nH]ncc2c1. The Kier molecular flexibility index (Phi) is 3.55. The van der Waals surface area contributed by atoms with Crippen molar-refractivity contribution in [3.05, 3.63) is 54.7 Å². The molecule has 0 aliphatic rings. The van der Waals surface area contributed by atoms with Gasteiger partial charge >= 0.3 is 0 Å². The molecule has 21 heavy (non-hydrogen) atoms. The fourth-order valence-corrected chi connectivity index (χ4v) is 2.02. The zero-order chi connectivity index (χ0) is 14.7. The van der Waals surface area contributed by atoms with Crippen molar-refractivity contribution < 1.29 is 9.53 Å². The van der Waals surface area contributed by atoms with Crippen molar-refractivity contribution in [3.8, 4) is 5.75 Å². The molecule has 0 radical (unpaired) electrons. The number of hydrogen-bond acceptors (Lipinski definition) is 3. The summed E-state index contributed by atoms with van der Waals surface area (Å²) in [5, 5.41) is 10.6. The number of benzene rings is 2. The molecule has 0 unspecified atom stereocenters. The van der Waals surface area contributed by atoms with Gasteiger partial charge in [-0.25, -0.2) is 0 Å². The third-order valence-corrected chi connectivity index (χ3v) is 3.13. The Bertz CT molecular complexity index is 752. The minimum atomic E-state index is -0.576. The van der Waals surface area contributed by atoms with E-state index in [1.54, 1.807) is 13.1 Å². The van der Waals surface area contributed by atoms with Gasteiger partial charge in [-0.1, -0.05) is 18.2 Å². The monoisotopic (exact) mass is 281 g/mol. The van der Waals surface area contributed by atoms with Gasteiger partial charge in [0, 0.05) is 11.1 Å². The van der Waals surface area contributed by atoms with E-state index in [1.807, 2.05) is 48.5 Å². The molecule has 5 nitrogen and oxygen atoms in total. The summed E-state index contributed by atoms with van der Waals surface area (Å²) in [5.41, 5.74) is 1.65. The van der Waals surface area contributed by atoms with Crippen LogP contribution in [0.5, 0.6) is 5.75 Å². The highest BCUT2D eigenvalue weighted by atomic mass is 16.5. The average molecular weight is 281 g/mol. The van der Waals surface area contributed by atoms with Crippen molar-refractivity contribution in [3.63, 3.8) is 0 Å². The number of aromatic nitrogens is 2. The largest absolute Gasteiger partial charge is 0.481 e. The van der Waals surface area contributed by atoms with E-state index in [0.29, 0.717) is 5.75 Å². The maximum Gasteiger partial charge on any atom is 0.265 e. The predicted octanol–water partition coefficient (Wildman–Crippen LogP) is 2.97. The number of nitrogens with one attached hydrogen (secondary N) is 2. The fourth-order valence-electron chi connectivity index (χ4n) is 2.02. The first-order valence-electron chi connectivity index (χ1n) is 6.68. The number of para-hydroxylation sites is 1. The van der Waals surface area contributed by atoms with Gasteiger partial charge in [0.15, 0.2) is 6.10 Å². The molecule has 1 aromatic heterocycles. The molecule has 1 atom stereocenters. The van der Waals surface area contributed by atoms with Crippen molar-refractivity contribution >= 4 is 22.5 Å². The molecule has 0 spiro atoms. The molecule has 0 bridgehead atoms. The number of fused-ring (bicyclic) bond motifs is 1. The maximum absolute atomic E-state index is 12.1. The Morgan fingerprint density at radius 3 is 2.86 bits per heavy atom. The highest BCUT2D eigenvalue weighted by Gasteiger charge is 2.14. The number of anilines is 1. The normalized spacial score (nSPS) is 12.0. The molecule has 0 aliphatic heterocycles. The first-order valence-corrected chi connectivity index (χ1v) is 6.68.